The highest BCUT2D eigenvalue weighted by Crippen LogP contribution is 2.22. The summed E-state index contributed by atoms with van der Waals surface area (Å²) in [6.07, 6.45) is 0. The summed E-state index contributed by atoms with van der Waals surface area (Å²) in [5.41, 5.74) is 9.79. The fraction of sp³-hybridized carbons (Fsp3) is 0.105. The molecule has 2 aromatic carbocycles. The Hall–Kier alpha value is -2.93. The van der Waals surface area contributed by atoms with Crippen molar-refractivity contribution in [1.29, 1.82) is 5.41 Å². The van der Waals surface area contributed by atoms with Crippen molar-refractivity contribution in [2.75, 3.05) is 11.1 Å². The third kappa shape index (κ3) is 3.39. The Labute approximate surface area is 159 Å². The van der Waals surface area contributed by atoms with Crippen LogP contribution in [0.2, 0.25) is 0 Å². The molecule has 0 radical (unpaired) electrons. The molecule has 3 aromatic rings. The average molecular weight is 412 g/mol. The molecular weight excluding hydrogens is 394 g/mol. The second-order valence-electron chi connectivity index (χ2n) is 5.87. The van der Waals surface area contributed by atoms with Crippen molar-refractivity contribution in [3.8, 4) is 0 Å². The summed E-state index contributed by atoms with van der Waals surface area (Å²) in [7, 11) is 1.83. The van der Waals surface area contributed by atoms with Crippen LogP contribution in [-0.4, -0.2) is 21.2 Å². The number of rotatable bonds is 4. The first-order valence-electron chi connectivity index (χ1n) is 7.92. The predicted molar refractivity (Wildman–Crippen MR) is 107 cm³/mol. The summed E-state index contributed by atoms with van der Waals surface area (Å²) in [6, 6.07) is 14.4. The number of nitrogens with one attached hydrogen (secondary N) is 2. The Morgan fingerprint density at radius 1 is 1.23 bits per heavy atom. The van der Waals surface area contributed by atoms with Gasteiger partial charge in [-0.1, -0.05) is 30.3 Å². The largest absolute Gasteiger partial charge is 0.398 e. The lowest BCUT2D eigenvalue weighted by Crippen LogP contribution is -2.15. The van der Waals surface area contributed by atoms with E-state index in [1.165, 1.54) is 0 Å². The van der Waals surface area contributed by atoms with Crippen LogP contribution in [-0.2, 0) is 7.05 Å². The van der Waals surface area contributed by atoms with Crippen molar-refractivity contribution < 1.29 is 4.79 Å². The summed E-state index contributed by atoms with van der Waals surface area (Å²) in [4.78, 5) is 16.8. The van der Waals surface area contributed by atoms with Gasteiger partial charge in [0.05, 0.1) is 5.71 Å². The molecule has 0 spiro atoms. The molecule has 0 fully saturated rings. The minimum Gasteiger partial charge on any atom is -0.398 e. The van der Waals surface area contributed by atoms with Crippen LogP contribution < -0.4 is 11.1 Å². The van der Waals surface area contributed by atoms with Gasteiger partial charge in [-0.3, -0.25) is 10.2 Å². The van der Waals surface area contributed by atoms with Gasteiger partial charge in [-0.05, 0) is 41.1 Å². The van der Waals surface area contributed by atoms with Gasteiger partial charge in [-0.25, -0.2) is 4.98 Å². The third-order valence-electron chi connectivity index (χ3n) is 4.18. The molecule has 0 atom stereocenters. The van der Waals surface area contributed by atoms with Crippen LogP contribution in [0.15, 0.2) is 53.3 Å². The molecule has 7 heteroatoms. The van der Waals surface area contributed by atoms with Crippen LogP contribution in [0.25, 0.3) is 0 Å². The molecule has 1 aromatic heterocycles. The minimum atomic E-state index is -0.314. The topological polar surface area (TPSA) is 96.8 Å². The highest BCUT2D eigenvalue weighted by Gasteiger charge is 2.17. The van der Waals surface area contributed by atoms with Crippen molar-refractivity contribution >= 4 is 38.9 Å². The molecule has 132 valence electrons. The second-order valence-corrected chi connectivity index (χ2v) is 6.58. The van der Waals surface area contributed by atoms with E-state index in [-0.39, 0.29) is 5.91 Å². The summed E-state index contributed by atoms with van der Waals surface area (Å²) in [6.45, 7) is 1.83. The van der Waals surface area contributed by atoms with Crippen LogP contribution >= 0.6 is 15.9 Å². The molecular formula is C19H18BrN5O. The maximum atomic E-state index is 12.5. The highest BCUT2D eigenvalue weighted by molar-refractivity contribution is 9.10. The SMILES string of the molecule is Cc1c(C(=O)Nc2ccc(N)c(C(=N)c3ccccc3)c2)nc(Br)n1C. The van der Waals surface area contributed by atoms with Gasteiger partial charge in [0.2, 0.25) is 0 Å². The number of amides is 1. The lowest BCUT2D eigenvalue weighted by molar-refractivity contribution is 0.102. The maximum absolute atomic E-state index is 12.5. The van der Waals surface area contributed by atoms with Crippen LogP contribution in [0, 0.1) is 12.3 Å². The molecule has 6 nitrogen and oxygen atoms in total. The average Bonchev–Trinajstić information content (AvgIpc) is 2.91. The number of nitrogens with two attached hydrogens (primary N) is 1. The Balaban J connectivity index is 1.89. The molecule has 0 unspecified atom stereocenters. The number of nitrogen functional groups attached to an aromatic ring is 1. The molecule has 0 aliphatic carbocycles. The van der Waals surface area contributed by atoms with E-state index in [0.29, 0.717) is 33.1 Å². The number of benzene rings is 2. The molecule has 0 aliphatic heterocycles. The van der Waals surface area contributed by atoms with E-state index in [0.717, 1.165) is 11.3 Å². The van der Waals surface area contributed by atoms with Crippen molar-refractivity contribution in [2.45, 2.75) is 6.92 Å². The minimum absolute atomic E-state index is 0.302. The first-order valence-corrected chi connectivity index (χ1v) is 8.72. The predicted octanol–water partition coefficient (Wildman–Crippen LogP) is 3.74. The Morgan fingerprint density at radius 3 is 2.54 bits per heavy atom. The quantitative estimate of drug-likeness (QED) is 0.450. The fourth-order valence-corrected chi connectivity index (χ4v) is 3.00. The van der Waals surface area contributed by atoms with E-state index < -0.39 is 0 Å². The van der Waals surface area contributed by atoms with Gasteiger partial charge in [-0.15, -0.1) is 0 Å². The van der Waals surface area contributed by atoms with Crippen molar-refractivity contribution in [3.05, 3.63) is 75.8 Å². The number of aromatic nitrogens is 2. The summed E-state index contributed by atoms with van der Waals surface area (Å²) in [5.74, 6) is -0.314. The first kappa shape index (κ1) is 17.9. The second kappa shape index (κ2) is 7.13. The highest BCUT2D eigenvalue weighted by atomic mass is 79.9. The Kier molecular flexibility index (Phi) is 4.90. The molecule has 0 saturated carbocycles. The van der Waals surface area contributed by atoms with Gasteiger partial charge in [0, 0.05) is 35.2 Å². The number of carbonyl (C=O) groups is 1. The summed E-state index contributed by atoms with van der Waals surface area (Å²) >= 11 is 3.31. The van der Waals surface area contributed by atoms with Crippen LogP contribution in [0.4, 0.5) is 11.4 Å². The summed E-state index contributed by atoms with van der Waals surface area (Å²) < 4.78 is 2.37. The van der Waals surface area contributed by atoms with E-state index in [2.05, 4.69) is 26.2 Å². The molecule has 0 bridgehead atoms. The number of halogens is 1. The van der Waals surface area contributed by atoms with Crippen LogP contribution in [0.1, 0.15) is 27.3 Å². The number of imidazole rings is 1. The van der Waals surface area contributed by atoms with Gasteiger partial charge in [0.25, 0.3) is 5.91 Å². The molecule has 0 aliphatic rings. The van der Waals surface area contributed by atoms with Crippen LogP contribution in [0.5, 0.6) is 0 Å². The Bertz CT molecular complexity index is 995. The van der Waals surface area contributed by atoms with E-state index in [1.807, 2.05) is 44.3 Å². The molecule has 1 amide bonds. The molecule has 0 saturated heterocycles. The smallest absolute Gasteiger partial charge is 0.276 e. The van der Waals surface area contributed by atoms with Gasteiger partial charge in [0.1, 0.15) is 0 Å². The monoisotopic (exact) mass is 411 g/mol. The van der Waals surface area contributed by atoms with Crippen molar-refractivity contribution in [1.82, 2.24) is 9.55 Å². The zero-order chi connectivity index (χ0) is 18.8. The van der Waals surface area contributed by atoms with E-state index >= 15 is 0 Å². The van der Waals surface area contributed by atoms with Crippen molar-refractivity contribution in [2.24, 2.45) is 7.05 Å². The number of hydrogen-bond acceptors (Lipinski definition) is 4. The van der Waals surface area contributed by atoms with Gasteiger partial charge in [0.15, 0.2) is 10.4 Å². The first-order chi connectivity index (χ1) is 12.4. The lowest BCUT2D eigenvalue weighted by Gasteiger charge is -2.11. The molecule has 3 rings (SSSR count). The molecule has 1 heterocycles. The van der Waals surface area contributed by atoms with E-state index in [1.54, 1.807) is 22.8 Å². The normalized spacial score (nSPS) is 10.6. The number of nitrogens with zero attached hydrogens (tertiary/aromatic N) is 2. The zero-order valence-electron chi connectivity index (χ0n) is 14.4. The maximum Gasteiger partial charge on any atom is 0.276 e. The van der Waals surface area contributed by atoms with Gasteiger partial charge in [-0.2, -0.15) is 0 Å². The molecule has 26 heavy (non-hydrogen) atoms. The van der Waals surface area contributed by atoms with E-state index in [9.17, 15) is 4.79 Å². The van der Waals surface area contributed by atoms with Gasteiger partial charge < -0.3 is 15.6 Å². The van der Waals surface area contributed by atoms with Crippen molar-refractivity contribution in [3.63, 3.8) is 0 Å². The Morgan fingerprint density at radius 2 is 1.92 bits per heavy atom. The zero-order valence-corrected chi connectivity index (χ0v) is 16.0. The van der Waals surface area contributed by atoms with Gasteiger partial charge >= 0.3 is 0 Å². The summed E-state index contributed by atoms with van der Waals surface area (Å²) in [5, 5.41) is 11.2. The standard InChI is InChI=1S/C19H18BrN5O/c1-11-17(24-19(20)25(11)2)18(26)23-13-8-9-15(21)14(10-13)16(22)12-6-4-3-5-7-12/h3-10,22H,21H2,1-2H3,(H,23,26). The number of hydrogen-bond donors (Lipinski definition) is 3. The fourth-order valence-electron chi connectivity index (χ4n) is 2.56. The lowest BCUT2D eigenvalue weighted by atomic mass is 10.0. The third-order valence-corrected chi connectivity index (χ3v) is 4.89. The number of anilines is 2. The molecule has 4 N–H and O–H groups in total. The number of carbonyl (C=O) groups excluding carboxylic acids is 1. The van der Waals surface area contributed by atoms with E-state index in [4.69, 9.17) is 11.1 Å². The van der Waals surface area contributed by atoms with Crippen LogP contribution in [0.3, 0.4) is 0 Å².